The highest BCUT2D eigenvalue weighted by atomic mass is 16.8. The molecule has 13 N–H and O–H groups in total. The van der Waals surface area contributed by atoms with Crippen LogP contribution in [-0.2, 0) is 42.7 Å². The largest absolute Gasteiger partial charge is 0.394 e. The SMILES string of the molecule is CO[C@@H]1[C@H](O)[C@@H](OC[C@H]2O[C@@H](O)[C@@H](O)[C@@H](O[C@H]3O[C@H](CO)[C@@H](O)[C@H](O)[C@@H]3O[C@@H]3O[C@H](CO)[C@@H](O)[C@H](O)[C@H]3NC(C)=O)[C@@H]2O)O[C@H](CO)[C@H]1O. The molecule has 22 heteroatoms. The molecule has 4 aliphatic rings. The highest BCUT2D eigenvalue weighted by Gasteiger charge is 2.54. The highest BCUT2D eigenvalue weighted by Crippen LogP contribution is 2.33. The Bertz CT molecular complexity index is 1050. The maximum Gasteiger partial charge on any atom is 0.217 e. The van der Waals surface area contributed by atoms with Crippen LogP contribution in [0.2, 0.25) is 0 Å². The van der Waals surface area contributed by atoms with Crippen LogP contribution in [0.25, 0.3) is 0 Å². The summed E-state index contributed by atoms with van der Waals surface area (Å²) in [7, 11) is 1.19. The summed E-state index contributed by atoms with van der Waals surface area (Å²) in [5, 5.41) is 127. The van der Waals surface area contributed by atoms with Crippen molar-refractivity contribution in [2.24, 2.45) is 0 Å². The molecule has 4 fully saturated rings. The van der Waals surface area contributed by atoms with E-state index in [1.165, 1.54) is 7.11 Å². The van der Waals surface area contributed by atoms with Gasteiger partial charge in [0.2, 0.25) is 5.91 Å². The van der Waals surface area contributed by atoms with Crippen LogP contribution in [0, 0.1) is 0 Å². The summed E-state index contributed by atoms with van der Waals surface area (Å²) in [5.41, 5.74) is 0. The molecule has 0 spiro atoms. The smallest absolute Gasteiger partial charge is 0.217 e. The fourth-order valence-corrected chi connectivity index (χ4v) is 6.08. The molecular weight excluding hydrogens is 674 g/mol. The van der Waals surface area contributed by atoms with Gasteiger partial charge in [0.25, 0.3) is 0 Å². The van der Waals surface area contributed by atoms with Crippen molar-refractivity contribution in [3.05, 3.63) is 0 Å². The van der Waals surface area contributed by atoms with Crippen molar-refractivity contribution in [3.8, 4) is 0 Å². The average Bonchev–Trinajstić information content (AvgIpc) is 3.07. The number of hydrogen-bond donors (Lipinski definition) is 13. The van der Waals surface area contributed by atoms with E-state index in [1.807, 2.05) is 0 Å². The Labute approximate surface area is 278 Å². The first-order chi connectivity index (χ1) is 23.2. The summed E-state index contributed by atoms with van der Waals surface area (Å²) in [6.07, 6.45) is -32.1. The van der Waals surface area contributed by atoms with Crippen molar-refractivity contribution < 1.29 is 104 Å². The predicted molar refractivity (Wildman–Crippen MR) is 150 cm³/mol. The fourth-order valence-electron chi connectivity index (χ4n) is 6.08. The molecule has 0 aromatic rings. The lowest BCUT2D eigenvalue weighted by atomic mass is 9.95. The van der Waals surface area contributed by atoms with Gasteiger partial charge in [-0.2, -0.15) is 0 Å². The lowest BCUT2D eigenvalue weighted by Crippen LogP contribution is -2.68. The maximum atomic E-state index is 11.9. The van der Waals surface area contributed by atoms with E-state index in [2.05, 4.69) is 5.32 Å². The summed E-state index contributed by atoms with van der Waals surface area (Å²) in [6, 6.07) is -1.51. The number of rotatable bonds is 12. The molecule has 0 aromatic carbocycles. The number of carbonyl (C=O) groups is 1. The second-order valence-corrected chi connectivity index (χ2v) is 12.1. The Morgan fingerprint density at radius 2 is 1.08 bits per heavy atom. The maximum absolute atomic E-state index is 11.9. The number of amides is 1. The highest BCUT2D eigenvalue weighted by molar-refractivity contribution is 5.73. The fraction of sp³-hybridized carbons (Fsp3) is 0.963. The molecule has 0 saturated carbocycles. The Hall–Kier alpha value is -1.33. The third kappa shape index (κ3) is 8.66. The number of carbonyl (C=O) groups excluding carboxylic acids is 1. The topological polar surface area (TPSA) is 346 Å². The zero-order valence-corrected chi connectivity index (χ0v) is 26.4. The first kappa shape index (κ1) is 40.4. The molecule has 4 saturated heterocycles. The van der Waals surface area contributed by atoms with Crippen LogP contribution in [0.1, 0.15) is 6.92 Å². The lowest BCUT2D eigenvalue weighted by molar-refractivity contribution is -0.383. The monoisotopic (exact) mass is 721 g/mol. The zero-order chi connectivity index (χ0) is 36.3. The van der Waals surface area contributed by atoms with Crippen molar-refractivity contribution in [2.45, 2.75) is 130 Å². The number of ether oxygens (including phenoxy) is 8. The molecule has 1 amide bonds. The van der Waals surface area contributed by atoms with Gasteiger partial charge in [0.05, 0.1) is 26.4 Å². The quantitative estimate of drug-likeness (QED) is 0.0889. The van der Waals surface area contributed by atoms with Crippen molar-refractivity contribution >= 4 is 5.91 Å². The number of methoxy groups -OCH3 is 1. The van der Waals surface area contributed by atoms with Gasteiger partial charge in [0.1, 0.15) is 97.6 Å². The average molecular weight is 722 g/mol. The van der Waals surface area contributed by atoms with E-state index in [-0.39, 0.29) is 0 Å². The molecule has 0 radical (unpaired) electrons. The van der Waals surface area contributed by atoms with E-state index >= 15 is 0 Å². The minimum atomic E-state index is -2.04. The molecular formula is C27H47NO21. The van der Waals surface area contributed by atoms with E-state index in [9.17, 15) is 66.1 Å². The second-order valence-electron chi connectivity index (χ2n) is 12.1. The predicted octanol–water partition coefficient (Wildman–Crippen LogP) is -8.95. The third-order valence-electron chi connectivity index (χ3n) is 8.84. The van der Waals surface area contributed by atoms with Crippen molar-refractivity contribution in [1.82, 2.24) is 5.32 Å². The van der Waals surface area contributed by atoms with E-state index < -0.39 is 155 Å². The van der Waals surface area contributed by atoms with Crippen molar-refractivity contribution in [3.63, 3.8) is 0 Å². The summed E-state index contributed by atoms with van der Waals surface area (Å²) < 4.78 is 43.9. The van der Waals surface area contributed by atoms with Gasteiger partial charge in [-0.05, 0) is 0 Å². The van der Waals surface area contributed by atoms with Gasteiger partial charge < -0.3 is 104 Å². The van der Waals surface area contributed by atoms with Crippen LogP contribution in [0.4, 0.5) is 0 Å². The van der Waals surface area contributed by atoms with Gasteiger partial charge >= 0.3 is 0 Å². The minimum absolute atomic E-state index is 0.652. The van der Waals surface area contributed by atoms with Crippen LogP contribution in [0.5, 0.6) is 0 Å². The molecule has 0 unspecified atom stereocenters. The first-order valence-electron chi connectivity index (χ1n) is 15.5. The van der Waals surface area contributed by atoms with Crippen molar-refractivity contribution in [1.29, 1.82) is 0 Å². The number of aliphatic hydroxyl groups is 12. The van der Waals surface area contributed by atoms with Gasteiger partial charge in [-0.3, -0.25) is 4.79 Å². The second kappa shape index (κ2) is 17.5. The number of hydrogen-bond acceptors (Lipinski definition) is 21. The van der Waals surface area contributed by atoms with Gasteiger partial charge in [-0.15, -0.1) is 0 Å². The molecule has 4 rings (SSSR count). The Morgan fingerprint density at radius 1 is 0.571 bits per heavy atom. The van der Waals surface area contributed by atoms with Gasteiger partial charge in [-0.25, -0.2) is 0 Å². The molecule has 49 heavy (non-hydrogen) atoms. The summed E-state index contributed by atoms with van der Waals surface area (Å²) in [5.74, 6) is -0.702. The molecule has 286 valence electrons. The third-order valence-corrected chi connectivity index (χ3v) is 8.84. The molecule has 4 heterocycles. The molecule has 0 aromatic heterocycles. The molecule has 4 aliphatic heterocycles. The molecule has 20 atom stereocenters. The number of nitrogens with one attached hydrogen (secondary N) is 1. The van der Waals surface area contributed by atoms with Gasteiger partial charge in [-0.1, -0.05) is 0 Å². The lowest BCUT2D eigenvalue weighted by Gasteiger charge is -2.49. The summed E-state index contributed by atoms with van der Waals surface area (Å²) in [4.78, 5) is 11.9. The van der Waals surface area contributed by atoms with Gasteiger partial charge in [0.15, 0.2) is 25.2 Å². The van der Waals surface area contributed by atoms with E-state index in [0.29, 0.717) is 0 Å². The van der Waals surface area contributed by atoms with E-state index in [1.54, 1.807) is 0 Å². The normalized spacial score (nSPS) is 49.4. The Balaban J connectivity index is 1.54. The van der Waals surface area contributed by atoms with Crippen LogP contribution < -0.4 is 5.32 Å². The first-order valence-corrected chi connectivity index (χ1v) is 15.5. The Kier molecular flexibility index (Phi) is 14.4. The van der Waals surface area contributed by atoms with Crippen LogP contribution >= 0.6 is 0 Å². The van der Waals surface area contributed by atoms with Crippen molar-refractivity contribution in [2.75, 3.05) is 33.5 Å². The molecule has 22 nitrogen and oxygen atoms in total. The van der Waals surface area contributed by atoms with Crippen LogP contribution in [0.15, 0.2) is 0 Å². The van der Waals surface area contributed by atoms with E-state index in [4.69, 9.17) is 37.9 Å². The zero-order valence-electron chi connectivity index (χ0n) is 26.4. The number of aliphatic hydroxyl groups excluding tert-OH is 12. The van der Waals surface area contributed by atoms with Crippen LogP contribution in [-0.4, -0.2) is 223 Å². The minimum Gasteiger partial charge on any atom is -0.394 e. The summed E-state index contributed by atoms with van der Waals surface area (Å²) >= 11 is 0. The van der Waals surface area contributed by atoms with Gasteiger partial charge in [0, 0.05) is 14.0 Å². The summed E-state index contributed by atoms with van der Waals surface area (Å²) in [6.45, 7) is -1.93. The molecule has 0 bridgehead atoms. The van der Waals surface area contributed by atoms with E-state index in [0.717, 1.165) is 6.92 Å². The standard InChI is InChI=1S/C27H47NO21/c1-7(32)28-12-17(37)13(33)8(3-29)45-25(12)49-23-18(38)14(34)9(4-30)47-27(23)48-22-16(36)11(44-24(41)19(22)39)6-43-26-20(40)21(42-2)15(35)10(5-31)46-26/h8-27,29-31,33-41H,3-6H2,1-2H3,(H,28,32)/t8-,9-,10-,11-,12-,13-,14-,15-,16-,17-,18+,19+,20+,21+,22+,23+,24-,25+,26+,27-/m1/s1. The van der Waals surface area contributed by atoms with Crippen LogP contribution in [0.3, 0.4) is 0 Å². The Morgan fingerprint density at radius 3 is 1.65 bits per heavy atom. The molecule has 0 aliphatic carbocycles.